The molecule has 1 aromatic rings. The molecule has 1 aliphatic carbocycles. The van der Waals surface area contributed by atoms with Crippen molar-refractivity contribution < 1.29 is 14.3 Å². The molecule has 0 spiro atoms. The highest BCUT2D eigenvalue weighted by molar-refractivity contribution is 5.78. The Morgan fingerprint density at radius 1 is 1.33 bits per heavy atom. The summed E-state index contributed by atoms with van der Waals surface area (Å²) in [5.41, 5.74) is 1.02. The normalized spacial score (nSPS) is 14.0. The summed E-state index contributed by atoms with van der Waals surface area (Å²) in [5, 5.41) is 5.91. The van der Waals surface area contributed by atoms with Crippen LogP contribution in [0.4, 0.5) is 0 Å². The Morgan fingerprint density at radius 3 is 2.90 bits per heavy atom. The van der Waals surface area contributed by atoms with Crippen LogP contribution in [-0.4, -0.2) is 39.3 Å². The van der Waals surface area contributed by atoms with Crippen LogP contribution in [0, 0.1) is 5.92 Å². The summed E-state index contributed by atoms with van der Waals surface area (Å²) >= 11 is 0. The van der Waals surface area contributed by atoms with Crippen LogP contribution < -0.4 is 15.4 Å². The number of ether oxygens (including phenoxy) is 2. The van der Waals surface area contributed by atoms with Gasteiger partial charge in [-0.05, 0) is 24.8 Å². The highest BCUT2D eigenvalue weighted by Gasteiger charge is 2.22. The van der Waals surface area contributed by atoms with Gasteiger partial charge in [-0.15, -0.1) is 0 Å². The van der Waals surface area contributed by atoms with E-state index in [2.05, 4.69) is 10.6 Å². The lowest BCUT2D eigenvalue weighted by atomic mass is 10.2. The maximum Gasteiger partial charge on any atom is 0.234 e. The lowest BCUT2D eigenvalue weighted by Gasteiger charge is -2.12. The first-order valence-corrected chi connectivity index (χ1v) is 7.46. The molecule has 2 rings (SSSR count). The third-order valence-electron chi connectivity index (χ3n) is 3.39. The van der Waals surface area contributed by atoms with Crippen LogP contribution in [0.1, 0.15) is 18.4 Å². The molecule has 1 saturated carbocycles. The van der Waals surface area contributed by atoms with Gasteiger partial charge < -0.3 is 20.1 Å². The molecule has 0 aliphatic heterocycles. The largest absolute Gasteiger partial charge is 0.493 e. The summed E-state index contributed by atoms with van der Waals surface area (Å²) in [6, 6.07) is 7.86. The Bertz CT molecular complexity index is 447. The first-order chi connectivity index (χ1) is 10.3. The number of hydrogen-bond donors (Lipinski definition) is 2. The van der Waals surface area contributed by atoms with Gasteiger partial charge in [0, 0.05) is 25.8 Å². The maximum atomic E-state index is 11.7. The Hall–Kier alpha value is -1.59. The molecule has 1 fully saturated rings. The van der Waals surface area contributed by atoms with Crippen molar-refractivity contribution in [2.24, 2.45) is 5.92 Å². The Morgan fingerprint density at radius 2 is 2.14 bits per heavy atom. The van der Waals surface area contributed by atoms with Crippen molar-refractivity contribution in [1.82, 2.24) is 10.6 Å². The molecule has 0 unspecified atom stereocenters. The fourth-order valence-corrected chi connectivity index (χ4v) is 1.92. The van der Waals surface area contributed by atoms with Crippen molar-refractivity contribution in [3.05, 3.63) is 29.8 Å². The zero-order chi connectivity index (χ0) is 14.9. The number of amides is 1. The minimum atomic E-state index is -0.0249. The topological polar surface area (TPSA) is 59.6 Å². The Labute approximate surface area is 126 Å². The van der Waals surface area contributed by atoms with Gasteiger partial charge in [-0.3, -0.25) is 4.79 Å². The zero-order valence-corrected chi connectivity index (χ0v) is 12.6. The second kappa shape index (κ2) is 8.64. The van der Waals surface area contributed by atoms with Gasteiger partial charge in [-0.1, -0.05) is 18.2 Å². The summed E-state index contributed by atoms with van der Waals surface area (Å²) in [5.74, 6) is 1.57. The Balaban J connectivity index is 1.72. The van der Waals surface area contributed by atoms with E-state index < -0.39 is 0 Å². The van der Waals surface area contributed by atoms with Crippen molar-refractivity contribution >= 4 is 5.91 Å². The summed E-state index contributed by atoms with van der Waals surface area (Å²) in [4.78, 5) is 11.7. The molecule has 1 aliphatic rings. The van der Waals surface area contributed by atoms with Crippen LogP contribution in [0.2, 0.25) is 0 Å². The first kappa shape index (κ1) is 15.8. The van der Waals surface area contributed by atoms with E-state index in [-0.39, 0.29) is 5.91 Å². The lowest BCUT2D eigenvalue weighted by molar-refractivity contribution is -0.120. The van der Waals surface area contributed by atoms with Crippen LogP contribution in [0.25, 0.3) is 0 Å². The lowest BCUT2D eigenvalue weighted by Crippen LogP contribution is -2.34. The summed E-state index contributed by atoms with van der Waals surface area (Å²) < 4.78 is 10.7. The molecule has 0 heterocycles. The van der Waals surface area contributed by atoms with Crippen LogP contribution in [0.5, 0.6) is 5.75 Å². The van der Waals surface area contributed by atoms with Crippen LogP contribution in [-0.2, 0) is 16.1 Å². The minimum Gasteiger partial charge on any atom is -0.493 e. The van der Waals surface area contributed by atoms with E-state index in [1.807, 2.05) is 24.3 Å². The molecule has 5 nitrogen and oxygen atoms in total. The predicted octanol–water partition coefficient (Wildman–Crippen LogP) is 1.33. The molecule has 5 heteroatoms. The maximum absolute atomic E-state index is 11.7. The SMILES string of the molecule is COCCNCC(=O)NCc1ccccc1OCC1CC1. The van der Waals surface area contributed by atoms with Gasteiger partial charge in [0.05, 0.1) is 19.8 Å². The van der Waals surface area contributed by atoms with E-state index in [0.29, 0.717) is 26.2 Å². The fourth-order valence-electron chi connectivity index (χ4n) is 1.92. The number of para-hydroxylation sites is 1. The summed E-state index contributed by atoms with van der Waals surface area (Å²) in [7, 11) is 1.64. The molecular formula is C16H24N2O3. The highest BCUT2D eigenvalue weighted by Crippen LogP contribution is 2.30. The molecule has 0 radical (unpaired) electrons. The van der Waals surface area contributed by atoms with Gasteiger partial charge >= 0.3 is 0 Å². The van der Waals surface area contributed by atoms with Gasteiger partial charge in [0.1, 0.15) is 5.75 Å². The van der Waals surface area contributed by atoms with E-state index in [1.54, 1.807) is 7.11 Å². The Kier molecular flexibility index (Phi) is 6.50. The second-order valence-electron chi connectivity index (χ2n) is 5.31. The second-order valence-corrected chi connectivity index (χ2v) is 5.31. The van der Waals surface area contributed by atoms with E-state index in [0.717, 1.165) is 23.8 Å². The van der Waals surface area contributed by atoms with E-state index >= 15 is 0 Å². The average molecular weight is 292 g/mol. The summed E-state index contributed by atoms with van der Waals surface area (Å²) in [6.45, 7) is 2.85. The third-order valence-corrected chi connectivity index (χ3v) is 3.39. The van der Waals surface area contributed by atoms with Gasteiger partial charge in [0.15, 0.2) is 0 Å². The number of carbonyl (C=O) groups is 1. The molecule has 0 saturated heterocycles. The summed E-state index contributed by atoms with van der Waals surface area (Å²) in [6.07, 6.45) is 2.54. The quantitative estimate of drug-likeness (QED) is 0.639. The van der Waals surface area contributed by atoms with Gasteiger partial charge in [-0.25, -0.2) is 0 Å². The number of benzene rings is 1. The van der Waals surface area contributed by atoms with E-state index in [4.69, 9.17) is 9.47 Å². The number of methoxy groups -OCH3 is 1. The monoisotopic (exact) mass is 292 g/mol. The molecule has 0 atom stereocenters. The van der Waals surface area contributed by atoms with Crippen molar-refractivity contribution in [3.63, 3.8) is 0 Å². The van der Waals surface area contributed by atoms with Crippen LogP contribution in [0.3, 0.4) is 0 Å². The van der Waals surface area contributed by atoms with Gasteiger partial charge in [0.2, 0.25) is 5.91 Å². The van der Waals surface area contributed by atoms with Crippen LogP contribution >= 0.6 is 0 Å². The number of hydrogen-bond acceptors (Lipinski definition) is 4. The van der Waals surface area contributed by atoms with Crippen molar-refractivity contribution in [2.75, 3.05) is 33.4 Å². The molecular weight excluding hydrogens is 268 g/mol. The minimum absolute atomic E-state index is 0.0249. The van der Waals surface area contributed by atoms with Gasteiger partial charge in [0.25, 0.3) is 0 Å². The van der Waals surface area contributed by atoms with Crippen molar-refractivity contribution in [3.8, 4) is 5.75 Å². The highest BCUT2D eigenvalue weighted by atomic mass is 16.5. The molecule has 1 aromatic carbocycles. The molecule has 21 heavy (non-hydrogen) atoms. The molecule has 0 bridgehead atoms. The van der Waals surface area contributed by atoms with E-state index in [1.165, 1.54) is 12.8 Å². The predicted molar refractivity (Wildman–Crippen MR) is 81.3 cm³/mol. The number of rotatable bonds is 10. The molecule has 1 amide bonds. The fraction of sp³-hybridized carbons (Fsp3) is 0.562. The van der Waals surface area contributed by atoms with Crippen LogP contribution in [0.15, 0.2) is 24.3 Å². The molecule has 2 N–H and O–H groups in total. The standard InChI is InChI=1S/C16H24N2O3/c1-20-9-8-17-11-16(19)18-10-14-4-2-3-5-15(14)21-12-13-6-7-13/h2-5,13,17H,6-12H2,1H3,(H,18,19). The van der Waals surface area contributed by atoms with Crippen molar-refractivity contribution in [1.29, 1.82) is 0 Å². The first-order valence-electron chi connectivity index (χ1n) is 7.46. The van der Waals surface area contributed by atoms with Crippen molar-refractivity contribution in [2.45, 2.75) is 19.4 Å². The average Bonchev–Trinajstić information content (AvgIpc) is 3.32. The number of carbonyl (C=O) groups excluding carboxylic acids is 1. The number of nitrogens with one attached hydrogen (secondary N) is 2. The molecule has 116 valence electrons. The van der Waals surface area contributed by atoms with Gasteiger partial charge in [-0.2, -0.15) is 0 Å². The molecule has 0 aromatic heterocycles. The van der Waals surface area contributed by atoms with E-state index in [9.17, 15) is 4.79 Å². The zero-order valence-electron chi connectivity index (χ0n) is 12.6. The third kappa shape index (κ3) is 6.14. The smallest absolute Gasteiger partial charge is 0.234 e.